The highest BCUT2D eigenvalue weighted by molar-refractivity contribution is 5.86. The van der Waals surface area contributed by atoms with Gasteiger partial charge in [0.25, 0.3) is 0 Å². The van der Waals surface area contributed by atoms with Gasteiger partial charge in [-0.15, -0.1) is 0 Å². The number of nitrogens with one attached hydrogen (secondary N) is 1. The number of ether oxygens (including phenoxy) is 1. The van der Waals surface area contributed by atoms with Crippen LogP contribution in [-0.4, -0.2) is 28.9 Å². The molecule has 2 aromatic rings. The van der Waals surface area contributed by atoms with Crippen LogP contribution in [0.4, 0.5) is 0 Å². The van der Waals surface area contributed by atoms with E-state index in [1.54, 1.807) is 12.1 Å². The number of hydrazone groups is 1. The van der Waals surface area contributed by atoms with Crippen LogP contribution >= 0.6 is 0 Å². The molecule has 0 aliphatic rings. The Labute approximate surface area is 146 Å². The quantitative estimate of drug-likeness (QED) is 0.391. The molecule has 0 atom stereocenters. The van der Waals surface area contributed by atoms with Crippen molar-refractivity contribution in [2.75, 3.05) is 6.61 Å². The third kappa shape index (κ3) is 5.84. The maximum atomic E-state index is 11.8. The summed E-state index contributed by atoms with van der Waals surface area (Å²) in [5, 5.41) is 22.8. The number of aromatic hydroxyl groups is 2. The van der Waals surface area contributed by atoms with E-state index in [4.69, 9.17) is 4.74 Å². The molecule has 0 aliphatic carbocycles. The lowest BCUT2D eigenvalue weighted by atomic mass is 10.1. The largest absolute Gasteiger partial charge is 0.504 e. The van der Waals surface area contributed by atoms with Crippen molar-refractivity contribution in [3.05, 3.63) is 53.6 Å². The fourth-order valence-electron chi connectivity index (χ4n) is 2.25. The zero-order valence-corrected chi connectivity index (χ0v) is 14.1. The summed E-state index contributed by atoms with van der Waals surface area (Å²) < 4.78 is 5.39. The van der Waals surface area contributed by atoms with Gasteiger partial charge in [-0.25, -0.2) is 5.43 Å². The second kappa shape index (κ2) is 9.32. The van der Waals surface area contributed by atoms with E-state index in [1.165, 1.54) is 12.3 Å². The number of phenolic OH excluding ortho intramolecular Hbond substituents is 2. The van der Waals surface area contributed by atoms with Gasteiger partial charge in [-0.1, -0.05) is 18.2 Å². The van der Waals surface area contributed by atoms with Crippen LogP contribution in [-0.2, 0) is 11.2 Å². The van der Waals surface area contributed by atoms with Crippen LogP contribution in [0.3, 0.4) is 0 Å². The summed E-state index contributed by atoms with van der Waals surface area (Å²) in [4.78, 5) is 11.8. The van der Waals surface area contributed by atoms with Crippen LogP contribution in [0.1, 0.15) is 30.9 Å². The highest BCUT2D eigenvalue weighted by Gasteiger charge is 2.04. The Kier molecular flexibility index (Phi) is 6.83. The monoisotopic (exact) mass is 342 g/mol. The van der Waals surface area contributed by atoms with Crippen LogP contribution in [0.25, 0.3) is 0 Å². The molecule has 6 nitrogen and oxygen atoms in total. The van der Waals surface area contributed by atoms with Crippen molar-refractivity contribution in [2.24, 2.45) is 5.10 Å². The molecule has 2 rings (SSSR count). The molecule has 3 N–H and O–H groups in total. The predicted octanol–water partition coefficient (Wildman–Crippen LogP) is 2.97. The lowest BCUT2D eigenvalue weighted by Crippen LogP contribution is -2.17. The molecule has 0 aromatic heterocycles. The molecule has 0 radical (unpaired) electrons. The van der Waals surface area contributed by atoms with E-state index in [1.807, 2.05) is 31.2 Å². The fourth-order valence-corrected chi connectivity index (χ4v) is 2.25. The smallest absolute Gasteiger partial charge is 0.240 e. The molecule has 0 aliphatic heterocycles. The zero-order chi connectivity index (χ0) is 18.1. The standard InChI is InChI=1S/C19H22N2O4/c1-2-25-16-11-9-14(10-12-16)5-3-8-18(23)21-20-13-15-6-4-7-17(22)19(15)24/h4,6-7,9-13,22,24H,2-3,5,8H2,1H3,(H,21,23)/b20-13-. The van der Waals surface area contributed by atoms with E-state index in [0.717, 1.165) is 17.7 Å². The molecule has 2 aromatic carbocycles. The molecule has 6 heteroatoms. The van der Waals surface area contributed by atoms with Gasteiger partial charge in [-0.05, 0) is 49.6 Å². The van der Waals surface area contributed by atoms with E-state index < -0.39 is 0 Å². The minimum atomic E-state index is -0.268. The summed E-state index contributed by atoms with van der Waals surface area (Å²) >= 11 is 0. The Balaban J connectivity index is 1.73. The first-order valence-corrected chi connectivity index (χ1v) is 8.14. The lowest BCUT2D eigenvalue weighted by molar-refractivity contribution is -0.121. The Hall–Kier alpha value is -3.02. The second-order valence-electron chi connectivity index (χ2n) is 5.44. The first-order valence-electron chi connectivity index (χ1n) is 8.14. The number of hydrogen-bond donors (Lipinski definition) is 3. The summed E-state index contributed by atoms with van der Waals surface area (Å²) in [5.41, 5.74) is 3.88. The van der Waals surface area contributed by atoms with Crippen molar-refractivity contribution in [3.63, 3.8) is 0 Å². The molecular weight excluding hydrogens is 320 g/mol. The molecule has 0 bridgehead atoms. The Morgan fingerprint density at radius 1 is 1.20 bits per heavy atom. The van der Waals surface area contributed by atoms with E-state index in [2.05, 4.69) is 10.5 Å². The van der Waals surface area contributed by atoms with Crippen LogP contribution in [0.15, 0.2) is 47.6 Å². The summed E-state index contributed by atoms with van der Waals surface area (Å²) in [7, 11) is 0. The van der Waals surface area contributed by atoms with Gasteiger partial charge in [0.1, 0.15) is 5.75 Å². The predicted molar refractivity (Wildman–Crippen MR) is 96.1 cm³/mol. The van der Waals surface area contributed by atoms with Crippen molar-refractivity contribution >= 4 is 12.1 Å². The van der Waals surface area contributed by atoms with Crippen molar-refractivity contribution < 1.29 is 19.7 Å². The molecule has 0 saturated carbocycles. The van der Waals surface area contributed by atoms with Crippen molar-refractivity contribution in [1.29, 1.82) is 0 Å². The Morgan fingerprint density at radius 2 is 1.96 bits per heavy atom. The SMILES string of the molecule is CCOc1ccc(CCCC(=O)N/N=C\c2cccc(O)c2O)cc1. The number of phenols is 2. The molecule has 0 fully saturated rings. The van der Waals surface area contributed by atoms with Crippen molar-refractivity contribution in [1.82, 2.24) is 5.43 Å². The summed E-state index contributed by atoms with van der Waals surface area (Å²) in [5.74, 6) is 0.136. The number of hydrogen-bond acceptors (Lipinski definition) is 5. The van der Waals surface area contributed by atoms with Crippen molar-refractivity contribution in [3.8, 4) is 17.2 Å². The third-order valence-electron chi connectivity index (χ3n) is 3.54. The van der Waals surface area contributed by atoms with E-state index in [9.17, 15) is 15.0 Å². The van der Waals surface area contributed by atoms with Gasteiger partial charge in [-0.2, -0.15) is 5.10 Å². The fraction of sp³-hybridized carbons (Fsp3) is 0.263. The number of amides is 1. The number of carbonyl (C=O) groups is 1. The summed E-state index contributed by atoms with van der Waals surface area (Å²) in [6.45, 7) is 2.58. The van der Waals surface area contributed by atoms with Gasteiger partial charge in [0.05, 0.1) is 12.8 Å². The highest BCUT2D eigenvalue weighted by Crippen LogP contribution is 2.26. The van der Waals surface area contributed by atoms with Crippen LogP contribution in [0.2, 0.25) is 0 Å². The van der Waals surface area contributed by atoms with Gasteiger partial charge in [0, 0.05) is 12.0 Å². The maximum absolute atomic E-state index is 11.8. The number of nitrogens with zero attached hydrogens (tertiary/aromatic N) is 1. The average Bonchev–Trinajstić information content (AvgIpc) is 2.60. The average molecular weight is 342 g/mol. The number of carbonyl (C=O) groups excluding carboxylic acids is 1. The van der Waals surface area contributed by atoms with Gasteiger partial charge in [0.2, 0.25) is 5.91 Å². The van der Waals surface area contributed by atoms with Gasteiger partial charge >= 0.3 is 0 Å². The topological polar surface area (TPSA) is 91.2 Å². The zero-order valence-electron chi connectivity index (χ0n) is 14.1. The van der Waals surface area contributed by atoms with Crippen molar-refractivity contribution in [2.45, 2.75) is 26.2 Å². The number of aryl methyl sites for hydroxylation is 1. The number of benzene rings is 2. The van der Waals surface area contributed by atoms with E-state index >= 15 is 0 Å². The third-order valence-corrected chi connectivity index (χ3v) is 3.54. The second-order valence-corrected chi connectivity index (χ2v) is 5.44. The first-order chi connectivity index (χ1) is 12.1. The summed E-state index contributed by atoms with van der Waals surface area (Å²) in [6, 6.07) is 12.4. The molecule has 0 spiro atoms. The van der Waals surface area contributed by atoms with E-state index in [-0.39, 0.29) is 17.4 Å². The van der Waals surface area contributed by atoms with Crippen LogP contribution in [0, 0.1) is 0 Å². The molecule has 0 saturated heterocycles. The van der Waals surface area contributed by atoms with Gasteiger partial charge in [0.15, 0.2) is 11.5 Å². The number of rotatable bonds is 8. The lowest BCUT2D eigenvalue weighted by Gasteiger charge is -2.05. The molecular formula is C19H22N2O4. The Morgan fingerprint density at radius 3 is 2.68 bits per heavy atom. The molecule has 132 valence electrons. The minimum Gasteiger partial charge on any atom is -0.504 e. The molecule has 25 heavy (non-hydrogen) atoms. The maximum Gasteiger partial charge on any atom is 0.240 e. The van der Waals surface area contributed by atoms with Crippen LogP contribution < -0.4 is 10.2 Å². The molecule has 0 heterocycles. The number of para-hydroxylation sites is 1. The minimum absolute atomic E-state index is 0.207. The first kappa shape index (κ1) is 18.3. The van der Waals surface area contributed by atoms with Crippen LogP contribution in [0.5, 0.6) is 17.2 Å². The summed E-state index contributed by atoms with van der Waals surface area (Å²) in [6.07, 6.45) is 3.12. The normalized spacial score (nSPS) is 10.8. The van der Waals surface area contributed by atoms with Gasteiger partial charge in [-0.3, -0.25) is 4.79 Å². The highest BCUT2D eigenvalue weighted by atomic mass is 16.5. The molecule has 1 amide bonds. The molecule has 0 unspecified atom stereocenters. The van der Waals surface area contributed by atoms with E-state index in [0.29, 0.717) is 25.0 Å². The Bertz CT molecular complexity index is 727. The van der Waals surface area contributed by atoms with Gasteiger partial charge < -0.3 is 14.9 Å².